The summed E-state index contributed by atoms with van der Waals surface area (Å²) in [6.07, 6.45) is 6.73. The van der Waals surface area contributed by atoms with Crippen molar-refractivity contribution >= 4 is 18.5 Å². The van der Waals surface area contributed by atoms with Gasteiger partial charge in [0.15, 0.2) is 0 Å². The second-order valence-corrected chi connectivity index (χ2v) is 7.22. The second kappa shape index (κ2) is 10.3. The molecule has 0 unspecified atom stereocenters. The average Bonchev–Trinajstić information content (AvgIpc) is 2.49. The molecule has 0 aliphatic rings. The molecule has 0 radical (unpaired) electrons. The Morgan fingerprint density at radius 2 is 1.20 bits per heavy atom. The van der Waals surface area contributed by atoms with Crippen molar-refractivity contribution in [2.45, 2.75) is 32.6 Å². The van der Waals surface area contributed by atoms with Crippen molar-refractivity contribution in [3.8, 4) is 0 Å². The third-order valence-electron chi connectivity index (χ3n) is 3.37. The number of unbranched alkanes of at least 4 members (excludes halogenated alkanes) is 3. The molecule has 20 heavy (non-hydrogen) atoms. The zero-order chi connectivity index (χ0) is 13.3. The third kappa shape index (κ3) is 5.51. The van der Waals surface area contributed by atoms with Gasteiger partial charge >= 0.3 is 0 Å². The molecule has 0 heterocycles. The molecule has 2 rings (SSSR count). The standard InChI is InChI=1S/C18H23P.Mo/c1-2-3-4-11-16-19(17-12-7-5-8-13-17)18-14-9-6-10-15-18;/h5-10,12-15H,2-4,11,16H2,1H3;. The Kier molecular flexibility index (Phi) is 9.08. The molecular weight excluding hydrogens is 343 g/mol. The van der Waals surface area contributed by atoms with Gasteiger partial charge in [0.25, 0.3) is 0 Å². The molecule has 0 spiro atoms. The van der Waals surface area contributed by atoms with Crippen LogP contribution in [0.15, 0.2) is 60.7 Å². The van der Waals surface area contributed by atoms with Gasteiger partial charge in [0.1, 0.15) is 0 Å². The summed E-state index contributed by atoms with van der Waals surface area (Å²) in [6, 6.07) is 22.0. The summed E-state index contributed by atoms with van der Waals surface area (Å²) in [5.41, 5.74) is 0. The molecule has 0 saturated carbocycles. The molecule has 106 valence electrons. The van der Waals surface area contributed by atoms with E-state index < -0.39 is 0 Å². The number of hydrogen-bond donors (Lipinski definition) is 0. The first kappa shape index (κ1) is 17.6. The maximum atomic E-state index is 2.29. The zero-order valence-electron chi connectivity index (χ0n) is 12.2. The first-order chi connectivity index (χ1) is 9.42. The molecule has 0 aliphatic heterocycles. The Labute approximate surface area is 139 Å². The van der Waals surface area contributed by atoms with Crippen molar-refractivity contribution in [1.82, 2.24) is 0 Å². The van der Waals surface area contributed by atoms with Gasteiger partial charge in [-0.3, -0.25) is 0 Å². The minimum Gasteiger partial charge on any atom is -0.0654 e. The van der Waals surface area contributed by atoms with Gasteiger partial charge in [0.2, 0.25) is 0 Å². The van der Waals surface area contributed by atoms with Crippen molar-refractivity contribution in [1.29, 1.82) is 0 Å². The minimum absolute atomic E-state index is 0. The van der Waals surface area contributed by atoms with Gasteiger partial charge in [0, 0.05) is 21.1 Å². The summed E-state index contributed by atoms with van der Waals surface area (Å²) < 4.78 is 0. The van der Waals surface area contributed by atoms with E-state index in [4.69, 9.17) is 0 Å². The van der Waals surface area contributed by atoms with Crippen LogP contribution in [-0.2, 0) is 21.1 Å². The van der Waals surface area contributed by atoms with E-state index in [0.29, 0.717) is 0 Å². The Hall–Kier alpha value is -0.442. The fourth-order valence-corrected chi connectivity index (χ4v) is 4.74. The summed E-state index contributed by atoms with van der Waals surface area (Å²) in [5, 5.41) is 3.03. The van der Waals surface area contributed by atoms with E-state index in [1.807, 2.05) is 0 Å². The van der Waals surface area contributed by atoms with Gasteiger partial charge in [0.05, 0.1) is 0 Å². The molecule has 0 aromatic heterocycles. The molecule has 0 saturated heterocycles. The van der Waals surface area contributed by atoms with E-state index in [0.717, 1.165) is 0 Å². The van der Waals surface area contributed by atoms with Crippen LogP contribution in [0.2, 0.25) is 0 Å². The topological polar surface area (TPSA) is 0 Å². The van der Waals surface area contributed by atoms with Crippen molar-refractivity contribution in [2.75, 3.05) is 6.16 Å². The predicted molar refractivity (Wildman–Crippen MR) is 88.1 cm³/mol. The number of hydrogen-bond acceptors (Lipinski definition) is 0. The van der Waals surface area contributed by atoms with Crippen LogP contribution in [0.25, 0.3) is 0 Å². The van der Waals surface area contributed by atoms with Crippen LogP contribution in [0.5, 0.6) is 0 Å². The van der Waals surface area contributed by atoms with Crippen LogP contribution >= 0.6 is 7.92 Å². The van der Waals surface area contributed by atoms with Gasteiger partial charge in [-0.25, -0.2) is 0 Å². The summed E-state index contributed by atoms with van der Waals surface area (Å²) in [4.78, 5) is 0. The van der Waals surface area contributed by atoms with Gasteiger partial charge in [-0.05, 0) is 31.1 Å². The summed E-state index contributed by atoms with van der Waals surface area (Å²) in [5.74, 6) is 0. The van der Waals surface area contributed by atoms with E-state index in [-0.39, 0.29) is 29.0 Å². The van der Waals surface area contributed by atoms with Gasteiger partial charge in [-0.2, -0.15) is 0 Å². The summed E-state index contributed by atoms with van der Waals surface area (Å²) >= 11 is 0. The van der Waals surface area contributed by atoms with Gasteiger partial charge in [-0.15, -0.1) is 0 Å². The molecule has 0 aliphatic carbocycles. The first-order valence-electron chi connectivity index (χ1n) is 7.29. The van der Waals surface area contributed by atoms with E-state index in [2.05, 4.69) is 67.6 Å². The third-order valence-corrected chi connectivity index (χ3v) is 5.98. The average molecular weight is 366 g/mol. The normalized spacial score (nSPS) is 10.3. The fourth-order valence-electron chi connectivity index (χ4n) is 2.32. The molecular formula is C18H23MoP. The summed E-state index contributed by atoms with van der Waals surface area (Å²) in [7, 11) is -0.167. The Morgan fingerprint density at radius 3 is 1.65 bits per heavy atom. The quantitative estimate of drug-likeness (QED) is 0.379. The monoisotopic (exact) mass is 368 g/mol. The zero-order valence-corrected chi connectivity index (χ0v) is 15.1. The van der Waals surface area contributed by atoms with Gasteiger partial charge in [-0.1, -0.05) is 86.8 Å². The largest absolute Gasteiger partial charge is 0.0654 e. The first-order valence-corrected chi connectivity index (χ1v) is 8.82. The van der Waals surface area contributed by atoms with Crippen molar-refractivity contribution < 1.29 is 21.1 Å². The van der Waals surface area contributed by atoms with Crippen LogP contribution in [-0.4, -0.2) is 6.16 Å². The SMILES string of the molecule is CCCCCCP(c1ccccc1)c1ccccc1.[Mo]. The molecule has 0 fully saturated rings. The smallest absolute Gasteiger partial charge is 0 e. The summed E-state index contributed by atoms with van der Waals surface area (Å²) in [6.45, 7) is 2.28. The maximum Gasteiger partial charge on any atom is 0 e. The predicted octanol–water partition coefficient (Wildman–Crippen LogP) is 4.70. The van der Waals surface area contributed by atoms with Crippen LogP contribution in [0.3, 0.4) is 0 Å². The van der Waals surface area contributed by atoms with E-state index in [1.165, 1.54) is 42.5 Å². The Bertz CT molecular complexity index is 416. The molecule has 0 N–H and O–H groups in total. The molecule has 0 amide bonds. The Morgan fingerprint density at radius 1 is 0.700 bits per heavy atom. The number of benzene rings is 2. The molecule has 2 aromatic carbocycles. The molecule has 2 aromatic rings. The molecule has 2 heteroatoms. The second-order valence-electron chi connectivity index (χ2n) is 4.88. The van der Waals surface area contributed by atoms with Crippen LogP contribution in [0, 0.1) is 0 Å². The number of rotatable bonds is 7. The van der Waals surface area contributed by atoms with Crippen LogP contribution < -0.4 is 10.6 Å². The fraction of sp³-hybridized carbons (Fsp3) is 0.333. The van der Waals surface area contributed by atoms with Crippen molar-refractivity contribution in [2.24, 2.45) is 0 Å². The molecule has 0 bridgehead atoms. The van der Waals surface area contributed by atoms with E-state index in [1.54, 1.807) is 0 Å². The van der Waals surface area contributed by atoms with Crippen LogP contribution in [0.4, 0.5) is 0 Å². The van der Waals surface area contributed by atoms with Crippen LogP contribution in [0.1, 0.15) is 32.6 Å². The van der Waals surface area contributed by atoms with E-state index in [9.17, 15) is 0 Å². The minimum atomic E-state index is -0.167. The molecule has 0 nitrogen and oxygen atoms in total. The van der Waals surface area contributed by atoms with Crippen molar-refractivity contribution in [3.63, 3.8) is 0 Å². The maximum absolute atomic E-state index is 2.29. The molecule has 0 atom stereocenters. The van der Waals surface area contributed by atoms with Crippen molar-refractivity contribution in [3.05, 3.63) is 60.7 Å². The van der Waals surface area contributed by atoms with E-state index >= 15 is 0 Å². The Balaban J connectivity index is 0.00000200. The van der Waals surface area contributed by atoms with Gasteiger partial charge < -0.3 is 0 Å².